The van der Waals surface area contributed by atoms with Gasteiger partial charge in [-0.15, -0.1) is 0 Å². The maximum absolute atomic E-state index is 13.0. The summed E-state index contributed by atoms with van der Waals surface area (Å²) in [4.78, 5) is 39.5. The topological polar surface area (TPSA) is 100 Å². The highest BCUT2D eigenvalue weighted by atomic mass is 28.3. The summed E-state index contributed by atoms with van der Waals surface area (Å²) < 4.78 is 11.9. The first-order chi connectivity index (χ1) is 19.7. The number of nitrogens with one attached hydrogen (secondary N) is 1. The lowest BCUT2D eigenvalue weighted by Crippen LogP contribution is -2.34. The lowest BCUT2D eigenvalue weighted by atomic mass is 9.98. The van der Waals surface area contributed by atoms with Crippen molar-refractivity contribution in [3.8, 4) is 16.9 Å². The number of urea groups is 1. The van der Waals surface area contributed by atoms with Crippen LogP contribution in [0.3, 0.4) is 0 Å². The molecule has 3 amide bonds. The van der Waals surface area contributed by atoms with Gasteiger partial charge in [0, 0.05) is 75.4 Å². The average Bonchev–Trinajstić information content (AvgIpc) is 3.55. The Labute approximate surface area is 241 Å². The molecule has 11 heteroatoms. The van der Waals surface area contributed by atoms with E-state index < -0.39 is 8.07 Å². The maximum atomic E-state index is 13.0. The molecule has 0 spiro atoms. The minimum Gasteiger partial charge on any atom is -0.488 e. The normalized spacial score (nSPS) is 16.6. The van der Waals surface area contributed by atoms with Gasteiger partial charge < -0.3 is 19.7 Å². The second-order valence-electron chi connectivity index (χ2n) is 11.9. The van der Waals surface area contributed by atoms with Gasteiger partial charge in [0.2, 0.25) is 5.91 Å². The Morgan fingerprint density at radius 1 is 0.976 bits per heavy atom. The fourth-order valence-electron chi connectivity index (χ4n) is 5.31. The number of carbonyl (C=O) groups is 2. The van der Waals surface area contributed by atoms with Crippen LogP contribution in [0.25, 0.3) is 11.1 Å². The van der Waals surface area contributed by atoms with E-state index in [1.807, 2.05) is 41.4 Å². The molecule has 0 unspecified atom stereocenters. The van der Waals surface area contributed by atoms with Crippen molar-refractivity contribution in [3.05, 3.63) is 54.5 Å². The van der Waals surface area contributed by atoms with Crippen LogP contribution in [0, 0.1) is 0 Å². The first-order valence-electron chi connectivity index (χ1n) is 14.2. The second-order valence-corrected chi connectivity index (χ2v) is 17.6. The van der Waals surface area contributed by atoms with E-state index in [-0.39, 0.29) is 11.9 Å². The number of hydrogen-bond donors (Lipinski definition) is 1. The molecule has 2 aromatic heterocycles. The first kappa shape index (κ1) is 27.2. The quantitative estimate of drug-likeness (QED) is 0.268. The van der Waals surface area contributed by atoms with Gasteiger partial charge in [-0.25, -0.2) is 9.78 Å². The number of carbonyl (C=O) groups excluding carboxylic acids is 2. The molecule has 3 aromatic rings. The molecule has 1 N–H and O–H groups in total. The Balaban J connectivity index is 1.11. The summed E-state index contributed by atoms with van der Waals surface area (Å²) in [5.41, 5.74) is 5.34. The Morgan fingerprint density at radius 2 is 1.85 bits per heavy atom. The van der Waals surface area contributed by atoms with E-state index >= 15 is 0 Å². The Hall–Kier alpha value is -3.96. The smallest absolute Gasteiger partial charge is 0.326 e. The molecule has 0 radical (unpaired) electrons. The van der Waals surface area contributed by atoms with Crippen molar-refractivity contribution in [2.75, 3.05) is 48.1 Å². The van der Waals surface area contributed by atoms with Gasteiger partial charge in [0.25, 0.3) is 0 Å². The molecule has 2 saturated heterocycles. The van der Waals surface area contributed by atoms with Crippen LogP contribution in [0.1, 0.15) is 18.4 Å². The molecule has 0 atom stereocenters. The monoisotopic (exact) mass is 572 g/mol. The number of ether oxygens (including phenoxy) is 2. The summed E-state index contributed by atoms with van der Waals surface area (Å²) in [6.07, 6.45) is 6.75. The molecule has 6 rings (SSSR count). The first-order valence-corrected chi connectivity index (χ1v) is 17.9. The van der Waals surface area contributed by atoms with Crippen molar-refractivity contribution in [2.45, 2.75) is 45.1 Å². The molecule has 41 heavy (non-hydrogen) atoms. The number of pyridine rings is 2. The summed E-state index contributed by atoms with van der Waals surface area (Å²) in [6.45, 7) is 10.3. The lowest BCUT2D eigenvalue weighted by molar-refractivity contribution is -0.117. The zero-order chi connectivity index (χ0) is 28.6. The van der Waals surface area contributed by atoms with E-state index in [1.165, 1.54) is 0 Å². The van der Waals surface area contributed by atoms with Crippen molar-refractivity contribution >= 4 is 42.9 Å². The largest absolute Gasteiger partial charge is 0.488 e. The summed E-state index contributed by atoms with van der Waals surface area (Å²) in [7, 11) is -1.17. The van der Waals surface area contributed by atoms with Crippen LogP contribution >= 0.6 is 0 Å². The minimum absolute atomic E-state index is 0.0723. The minimum atomic E-state index is -1.17. The molecule has 5 heterocycles. The number of fused-ring (bicyclic) bond motifs is 3. The number of hydrogen-bond acceptors (Lipinski definition) is 7. The Morgan fingerprint density at radius 3 is 2.66 bits per heavy atom. The van der Waals surface area contributed by atoms with E-state index in [2.05, 4.69) is 34.9 Å². The molecule has 10 nitrogen and oxygen atoms in total. The molecular formula is C30H36N6O4Si. The van der Waals surface area contributed by atoms with E-state index in [9.17, 15) is 9.59 Å². The lowest BCUT2D eigenvalue weighted by Gasteiger charge is -2.24. The van der Waals surface area contributed by atoms with Crippen molar-refractivity contribution in [1.29, 1.82) is 0 Å². The third kappa shape index (κ3) is 5.91. The van der Waals surface area contributed by atoms with Gasteiger partial charge in [-0.2, -0.15) is 0 Å². The zero-order valence-electron chi connectivity index (χ0n) is 23.9. The Bertz CT molecular complexity index is 1480. The van der Waals surface area contributed by atoms with Gasteiger partial charge in [-0.3, -0.25) is 19.6 Å². The van der Waals surface area contributed by atoms with E-state index in [1.54, 1.807) is 22.2 Å². The molecule has 3 aliphatic heterocycles. The van der Waals surface area contributed by atoms with Crippen molar-refractivity contribution in [1.82, 2.24) is 14.9 Å². The SMILES string of the molecule is C[Si](C)(C)CCOCN1CCN(c2cncc(Nc3cc4c(cn3)-c3ccc(N5CCCC5=O)cc3OC4)c2)C1=O. The summed E-state index contributed by atoms with van der Waals surface area (Å²) >= 11 is 0. The van der Waals surface area contributed by atoms with Crippen LogP contribution in [0.5, 0.6) is 5.75 Å². The van der Waals surface area contributed by atoms with E-state index in [0.29, 0.717) is 45.3 Å². The molecule has 0 saturated carbocycles. The van der Waals surface area contributed by atoms with Crippen LogP contribution in [-0.2, 0) is 16.1 Å². The van der Waals surface area contributed by atoms with Crippen LogP contribution in [0.2, 0.25) is 25.7 Å². The van der Waals surface area contributed by atoms with Crippen molar-refractivity contribution in [3.63, 3.8) is 0 Å². The van der Waals surface area contributed by atoms with E-state index in [4.69, 9.17) is 9.47 Å². The number of amides is 3. The average molecular weight is 573 g/mol. The van der Waals surface area contributed by atoms with Gasteiger partial charge >= 0.3 is 6.03 Å². The summed E-state index contributed by atoms with van der Waals surface area (Å²) in [5, 5.41) is 3.33. The van der Waals surface area contributed by atoms with Gasteiger partial charge in [-0.1, -0.05) is 19.6 Å². The van der Waals surface area contributed by atoms with Gasteiger partial charge in [0.15, 0.2) is 0 Å². The summed E-state index contributed by atoms with van der Waals surface area (Å²) in [5.74, 6) is 1.59. The highest BCUT2D eigenvalue weighted by Gasteiger charge is 2.30. The zero-order valence-corrected chi connectivity index (χ0v) is 24.9. The fourth-order valence-corrected chi connectivity index (χ4v) is 6.07. The molecule has 1 aromatic carbocycles. The van der Waals surface area contributed by atoms with Crippen molar-refractivity contribution in [2.24, 2.45) is 0 Å². The third-order valence-corrected chi connectivity index (χ3v) is 9.36. The number of anilines is 4. The summed E-state index contributed by atoms with van der Waals surface area (Å²) in [6, 6.07) is 10.8. The second kappa shape index (κ2) is 11.1. The highest BCUT2D eigenvalue weighted by Crippen LogP contribution is 2.40. The van der Waals surface area contributed by atoms with Crippen LogP contribution in [0.15, 0.2) is 48.9 Å². The molecule has 0 bridgehead atoms. The van der Waals surface area contributed by atoms with Crippen molar-refractivity contribution < 1.29 is 19.1 Å². The maximum Gasteiger partial charge on any atom is 0.326 e. The molecule has 0 aliphatic carbocycles. The number of rotatable bonds is 9. The predicted molar refractivity (Wildman–Crippen MR) is 162 cm³/mol. The molecule has 2 fully saturated rings. The van der Waals surface area contributed by atoms with Crippen LogP contribution in [0.4, 0.5) is 27.7 Å². The molecule has 3 aliphatic rings. The fraction of sp³-hybridized carbons (Fsp3) is 0.400. The van der Waals surface area contributed by atoms with Gasteiger partial charge in [-0.05, 0) is 36.7 Å². The number of aromatic nitrogens is 2. The number of benzene rings is 1. The van der Waals surface area contributed by atoms with Crippen LogP contribution in [-0.4, -0.2) is 67.9 Å². The standard InChI is InChI=1S/C30H36N6O4Si/c1-41(2,3)12-11-39-20-34-9-10-36(30(34)38)24-14-22(16-31-17-24)33-28-13-21-19-40-27-15-23(35-8-4-5-29(35)37)6-7-25(27)26(21)18-32-28/h6-7,13-18H,4-5,8-12,19-20H2,1-3H3,(H,32,33). The van der Waals surface area contributed by atoms with Gasteiger partial charge in [0.1, 0.15) is 24.9 Å². The molecular weight excluding hydrogens is 536 g/mol. The van der Waals surface area contributed by atoms with E-state index in [0.717, 1.165) is 58.5 Å². The Kier molecular flexibility index (Phi) is 7.39. The van der Waals surface area contributed by atoms with Gasteiger partial charge in [0.05, 0.1) is 23.8 Å². The van der Waals surface area contributed by atoms with Crippen LogP contribution < -0.4 is 19.9 Å². The molecule has 214 valence electrons. The predicted octanol–water partition coefficient (Wildman–Crippen LogP) is 5.46. The third-order valence-electron chi connectivity index (χ3n) is 7.66. The number of nitrogens with zero attached hydrogens (tertiary/aromatic N) is 5. The highest BCUT2D eigenvalue weighted by molar-refractivity contribution is 6.76.